The summed E-state index contributed by atoms with van der Waals surface area (Å²) in [5.74, 6) is 1.70. The van der Waals surface area contributed by atoms with E-state index in [1.165, 1.54) is 30.4 Å². The molecule has 0 saturated carbocycles. The molecule has 0 aromatic heterocycles. The number of rotatable bonds is 5. The average Bonchev–Trinajstić information content (AvgIpc) is 2.25. The second kappa shape index (κ2) is 5.79. The molecular formula is C14H22O. The molecule has 0 amide bonds. The van der Waals surface area contributed by atoms with E-state index in [0.717, 1.165) is 5.75 Å². The van der Waals surface area contributed by atoms with Gasteiger partial charge in [-0.15, -0.1) is 0 Å². The quantitative estimate of drug-likeness (QED) is 0.698. The Hall–Kier alpha value is -0.980. The van der Waals surface area contributed by atoms with Crippen molar-refractivity contribution in [3.8, 4) is 5.75 Å². The molecule has 1 rings (SSSR count). The van der Waals surface area contributed by atoms with Crippen LogP contribution in [-0.4, -0.2) is 7.11 Å². The predicted molar refractivity (Wildman–Crippen MR) is 65.7 cm³/mol. The van der Waals surface area contributed by atoms with Crippen molar-refractivity contribution >= 4 is 0 Å². The highest BCUT2D eigenvalue weighted by atomic mass is 16.5. The van der Waals surface area contributed by atoms with E-state index in [2.05, 4.69) is 39.0 Å². The Kier molecular flexibility index (Phi) is 4.67. The van der Waals surface area contributed by atoms with Crippen molar-refractivity contribution in [2.75, 3.05) is 7.11 Å². The van der Waals surface area contributed by atoms with E-state index < -0.39 is 0 Å². The molecule has 0 aliphatic rings. The predicted octanol–water partition coefficient (Wildman–Crippen LogP) is 4.30. The van der Waals surface area contributed by atoms with E-state index >= 15 is 0 Å². The maximum absolute atomic E-state index is 5.27. The molecule has 0 spiro atoms. The zero-order chi connectivity index (χ0) is 11.3. The van der Waals surface area contributed by atoms with Crippen molar-refractivity contribution in [1.82, 2.24) is 0 Å². The lowest BCUT2D eigenvalue weighted by Gasteiger charge is -2.16. The number of hydrogen-bond donors (Lipinski definition) is 0. The van der Waals surface area contributed by atoms with Gasteiger partial charge in [0.05, 0.1) is 7.11 Å². The van der Waals surface area contributed by atoms with Crippen molar-refractivity contribution in [3.05, 3.63) is 29.3 Å². The van der Waals surface area contributed by atoms with Gasteiger partial charge in [-0.1, -0.05) is 32.4 Å². The molecule has 1 heteroatoms. The van der Waals surface area contributed by atoms with Crippen LogP contribution >= 0.6 is 0 Å². The number of hydrogen-bond acceptors (Lipinski definition) is 1. The lowest BCUT2D eigenvalue weighted by Crippen LogP contribution is -1.98. The molecule has 1 aromatic carbocycles. The average molecular weight is 206 g/mol. The highest BCUT2D eigenvalue weighted by Crippen LogP contribution is 2.28. The van der Waals surface area contributed by atoms with Crippen LogP contribution in [0.1, 0.15) is 50.2 Å². The van der Waals surface area contributed by atoms with Gasteiger partial charge in [-0.25, -0.2) is 0 Å². The first-order chi connectivity index (χ1) is 7.22. The molecule has 0 heterocycles. The summed E-state index contributed by atoms with van der Waals surface area (Å²) in [5.41, 5.74) is 2.70. The molecule has 0 radical (unpaired) electrons. The minimum Gasteiger partial charge on any atom is -0.496 e. The van der Waals surface area contributed by atoms with Crippen LogP contribution in [0.3, 0.4) is 0 Å². The van der Waals surface area contributed by atoms with Crippen LogP contribution < -0.4 is 4.74 Å². The van der Waals surface area contributed by atoms with Crippen LogP contribution in [0, 0.1) is 6.92 Å². The summed E-state index contributed by atoms with van der Waals surface area (Å²) in [4.78, 5) is 0. The zero-order valence-corrected chi connectivity index (χ0v) is 10.3. The van der Waals surface area contributed by atoms with Crippen LogP contribution in [0.25, 0.3) is 0 Å². The third-order valence-electron chi connectivity index (χ3n) is 3.02. The van der Waals surface area contributed by atoms with Crippen LogP contribution in [0.15, 0.2) is 18.2 Å². The van der Waals surface area contributed by atoms with Crippen molar-refractivity contribution in [2.24, 2.45) is 0 Å². The van der Waals surface area contributed by atoms with Gasteiger partial charge >= 0.3 is 0 Å². The number of benzene rings is 1. The molecule has 0 aliphatic heterocycles. The molecule has 0 saturated heterocycles. The summed E-state index contributed by atoms with van der Waals surface area (Å²) in [6.07, 6.45) is 3.76. The van der Waals surface area contributed by atoms with E-state index in [1.54, 1.807) is 7.11 Å². The first kappa shape index (κ1) is 12.1. The third-order valence-corrected chi connectivity index (χ3v) is 3.02. The van der Waals surface area contributed by atoms with Gasteiger partial charge in [0.2, 0.25) is 0 Å². The Bertz CT molecular complexity index is 304. The van der Waals surface area contributed by atoms with Gasteiger partial charge in [0.1, 0.15) is 5.75 Å². The van der Waals surface area contributed by atoms with E-state index in [0.29, 0.717) is 5.92 Å². The van der Waals surface area contributed by atoms with Crippen LogP contribution in [0.5, 0.6) is 5.75 Å². The second-order valence-electron chi connectivity index (χ2n) is 4.12. The van der Waals surface area contributed by atoms with Crippen LogP contribution in [0.2, 0.25) is 0 Å². The molecular weight excluding hydrogens is 184 g/mol. The maximum atomic E-state index is 5.27. The van der Waals surface area contributed by atoms with Gasteiger partial charge in [0, 0.05) is 0 Å². The SMILES string of the molecule is CCCC(CC)c1ccc(OC)c(C)c1. The Morgan fingerprint density at radius 2 is 2.00 bits per heavy atom. The largest absolute Gasteiger partial charge is 0.496 e. The molecule has 0 bridgehead atoms. The van der Waals surface area contributed by atoms with E-state index in [4.69, 9.17) is 4.74 Å². The summed E-state index contributed by atoms with van der Waals surface area (Å²) in [6, 6.07) is 6.56. The third kappa shape index (κ3) is 2.98. The molecule has 84 valence electrons. The second-order valence-corrected chi connectivity index (χ2v) is 4.12. The standard InChI is InChI=1S/C14H22O/c1-5-7-12(6-2)13-8-9-14(15-4)11(3)10-13/h8-10,12H,5-7H2,1-4H3. The van der Waals surface area contributed by atoms with Gasteiger partial charge in [-0.3, -0.25) is 0 Å². The first-order valence-electron chi connectivity index (χ1n) is 5.87. The molecule has 1 aromatic rings. The minimum atomic E-state index is 0.708. The molecule has 1 nitrogen and oxygen atoms in total. The summed E-state index contributed by atoms with van der Waals surface area (Å²) < 4.78 is 5.27. The molecule has 0 aliphatic carbocycles. The molecule has 1 atom stereocenters. The summed E-state index contributed by atoms with van der Waals surface area (Å²) in [7, 11) is 1.73. The summed E-state index contributed by atoms with van der Waals surface area (Å²) in [5, 5.41) is 0. The fraction of sp³-hybridized carbons (Fsp3) is 0.571. The number of aryl methyl sites for hydroxylation is 1. The van der Waals surface area contributed by atoms with Crippen molar-refractivity contribution in [3.63, 3.8) is 0 Å². The highest BCUT2D eigenvalue weighted by molar-refractivity contribution is 5.37. The normalized spacial score (nSPS) is 12.5. The van der Waals surface area contributed by atoms with Gasteiger partial charge < -0.3 is 4.74 Å². The smallest absolute Gasteiger partial charge is 0.121 e. The van der Waals surface area contributed by atoms with Crippen LogP contribution in [-0.2, 0) is 0 Å². The summed E-state index contributed by atoms with van der Waals surface area (Å²) >= 11 is 0. The highest BCUT2D eigenvalue weighted by Gasteiger charge is 2.09. The summed E-state index contributed by atoms with van der Waals surface area (Å²) in [6.45, 7) is 6.62. The van der Waals surface area contributed by atoms with Gasteiger partial charge in [-0.2, -0.15) is 0 Å². The lowest BCUT2D eigenvalue weighted by molar-refractivity contribution is 0.411. The monoisotopic (exact) mass is 206 g/mol. The van der Waals surface area contributed by atoms with E-state index in [9.17, 15) is 0 Å². The van der Waals surface area contributed by atoms with Crippen molar-refractivity contribution in [2.45, 2.75) is 46.0 Å². The fourth-order valence-electron chi connectivity index (χ4n) is 2.11. The maximum Gasteiger partial charge on any atom is 0.121 e. The first-order valence-corrected chi connectivity index (χ1v) is 5.87. The van der Waals surface area contributed by atoms with Gasteiger partial charge in [-0.05, 0) is 42.9 Å². The molecule has 1 unspecified atom stereocenters. The Labute approximate surface area is 93.5 Å². The Balaban J connectivity index is 2.89. The molecule has 0 N–H and O–H groups in total. The van der Waals surface area contributed by atoms with E-state index in [-0.39, 0.29) is 0 Å². The Morgan fingerprint density at radius 3 is 2.47 bits per heavy atom. The van der Waals surface area contributed by atoms with Crippen molar-refractivity contribution in [1.29, 1.82) is 0 Å². The van der Waals surface area contributed by atoms with E-state index in [1.807, 2.05) is 0 Å². The number of methoxy groups -OCH3 is 1. The number of ether oxygens (including phenoxy) is 1. The lowest BCUT2D eigenvalue weighted by atomic mass is 9.91. The van der Waals surface area contributed by atoms with Gasteiger partial charge in [0.15, 0.2) is 0 Å². The molecule has 0 fully saturated rings. The van der Waals surface area contributed by atoms with Crippen molar-refractivity contribution < 1.29 is 4.74 Å². The topological polar surface area (TPSA) is 9.23 Å². The van der Waals surface area contributed by atoms with Gasteiger partial charge in [0.25, 0.3) is 0 Å². The van der Waals surface area contributed by atoms with Crippen LogP contribution in [0.4, 0.5) is 0 Å². The minimum absolute atomic E-state index is 0.708. The zero-order valence-electron chi connectivity index (χ0n) is 10.3. The fourth-order valence-corrected chi connectivity index (χ4v) is 2.11. The Morgan fingerprint density at radius 1 is 1.27 bits per heavy atom. The molecule has 15 heavy (non-hydrogen) atoms.